The minimum atomic E-state index is -0.907. The van der Waals surface area contributed by atoms with Crippen LogP contribution in [-0.4, -0.2) is 45.8 Å². The quantitative estimate of drug-likeness (QED) is 0.0504. The highest BCUT2D eigenvalue weighted by Crippen LogP contribution is 2.34. The zero-order valence-electron chi connectivity index (χ0n) is 30.6. The fourth-order valence-electron chi connectivity index (χ4n) is 6.27. The largest absolute Gasteiger partial charge is 0.481 e. The van der Waals surface area contributed by atoms with Crippen molar-refractivity contribution in [2.45, 2.75) is 225 Å². The highest BCUT2D eigenvalue weighted by Gasteiger charge is 2.41. The third kappa shape index (κ3) is 27.5. The number of unbranched alkanes of at least 4 members (excludes halogenated alkanes) is 20. The van der Waals surface area contributed by atoms with E-state index in [0.717, 1.165) is 89.9 Å². The fourth-order valence-corrected chi connectivity index (χ4v) is 6.27. The summed E-state index contributed by atoms with van der Waals surface area (Å²) in [6.07, 6.45) is 25.6. The number of aliphatic carboxylic acids is 2. The summed E-state index contributed by atoms with van der Waals surface area (Å²) in [5.41, 5.74) is -0.907. The van der Waals surface area contributed by atoms with E-state index in [2.05, 4.69) is 13.8 Å². The van der Waals surface area contributed by atoms with Gasteiger partial charge in [-0.3, -0.25) is 19.2 Å². The summed E-state index contributed by atoms with van der Waals surface area (Å²) >= 11 is 0. The molecule has 0 saturated heterocycles. The Morgan fingerprint density at radius 1 is 0.468 bits per heavy atom. The number of carboxylic acids is 2. The van der Waals surface area contributed by atoms with Crippen LogP contribution < -0.4 is 0 Å². The number of hydrogen-bond acceptors (Lipinski definition) is 6. The molecule has 276 valence electrons. The average Bonchev–Trinajstić information content (AvgIpc) is 3.02. The Bertz CT molecular complexity index is 768. The number of carbonyl (C=O) groups excluding carboxylic acids is 2. The first-order chi connectivity index (χ1) is 22.7. The van der Waals surface area contributed by atoms with Gasteiger partial charge in [-0.1, -0.05) is 129 Å². The molecule has 2 N–H and O–H groups in total. The van der Waals surface area contributed by atoms with Crippen molar-refractivity contribution in [3.63, 3.8) is 0 Å². The van der Waals surface area contributed by atoms with E-state index in [4.69, 9.17) is 19.7 Å². The van der Waals surface area contributed by atoms with Gasteiger partial charge in [0.25, 0.3) is 0 Å². The first-order valence-electron chi connectivity index (χ1n) is 19.5. The van der Waals surface area contributed by atoms with Crippen molar-refractivity contribution in [1.82, 2.24) is 0 Å². The summed E-state index contributed by atoms with van der Waals surface area (Å²) in [6.45, 7) is 6.29. The van der Waals surface area contributed by atoms with E-state index in [-0.39, 0.29) is 24.8 Å². The Balaban J connectivity index is 5.41. The van der Waals surface area contributed by atoms with Gasteiger partial charge in [0.15, 0.2) is 0 Å². The molecule has 0 aliphatic rings. The van der Waals surface area contributed by atoms with Crippen LogP contribution in [0.15, 0.2) is 0 Å². The number of carboxylic acid groups (broad SMARTS) is 2. The van der Waals surface area contributed by atoms with Gasteiger partial charge < -0.3 is 19.7 Å². The molecule has 0 saturated carbocycles. The standard InChI is InChI=1S/C39H72O8/c1-4-6-8-10-12-18-24-30-37(44)46-34(3)39(32-26-20-14-16-22-28-35(40)41,33-27-21-15-17-23-29-36(42)43)47-38(45)31-25-19-13-11-9-7-5-2/h34H,4-33H2,1-3H3,(H,40,41)(H,42,43)/t34-/m1/s1. The minimum absolute atomic E-state index is 0.179. The average molecular weight is 669 g/mol. The zero-order chi connectivity index (χ0) is 35.0. The van der Waals surface area contributed by atoms with Crippen molar-refractivity contribution in [3.05, 3.63) is 0 Å². The first kappa shape index (κ1) is 44.9. The van der Waals surface area contributed by atoms with E-state index in [1.807, 2.05) is 6.92 Å². The molecule has 0 aromatic carbocycles. The van der Waals surface area contributed by atoms with Crippen molar-refractivity contribution < 1.29 is 38.9 Å². The van der Waals surface area contributed by atoms with Crippen LogP contribution in [0.4, 0.5) is 0 Å². The second-order valence-corrected chi connectivity index (χ2v) is 13.7. The Morgan fingerprint density at radius 2 is 0.787 bits per heavy atom. The molecule has 1 atom stereocenters. The number of rotatable bonds is 35. The lowest BCUT2D eigenvalue weighted by Gasteiger charge is -2.38. The lowest BCUT2D eigenvalue weighted by Crippen LogP contribution is -2.47. The Morgan fingerprint density at radius 3 is 1.17 bits per heavy atom. The molecule has 0 aliphatic heterocycles. The molecule has 0 spiro atoms. The van der Waals surface area contributed by atoms with Crippen molar-refractivity contribution >= 4 is 23.9 Å². The van der Waals surface area contributed by atoms with E-state index in [9.17, 15) is 19.2 Å². The molecule has 0 aliphatic carbocycles. The molecule has 0 rings (SSSR count). The second-order valence-electron chi connectivity index (χ2n) is 13.7. The van der Waals surface area contributed by atoms with Gasteiger partial charge in [0.1, 0.15) is 11.7 Å². The monoisotopic (exact) mass is 669 g/mol. The maximum Gasteiger partial charge on any atom is 0.306 e. The van der Waals surface area contributed by atoms with Gasteiger partial charge in [0.2, 0.25) is 0 Å². The first-order valence-corrected chi connectivity index (χ1v) is 19.5. The molecule has 8 nitrogen and oxygen atoms in total. The van der Waals surface area contributed by atoms with Gasteiger partial charge in [0, 0.05) is 25.7 Å². The highest BCUT2D eigenvalue weighted by molar-refractivity contribution is 5.71. The predicted molar refractivity (Wildman–Crippen MR) is 190 cm³/mol. The molecule has 47 heavy (non-hydrogen) atoms. The molecular weight excluding hydrogens is 596 g/mol. The highest BCUT2D eigenvalue weighted by atomic mass is 16.6. The van der Waals surface area contributed by atoms with Gasteiger partial charge in [-0.15, -0.1) is 0 Å². The molecular formula is C39H72O8. The molecule has 0 amide bonds. The smallest absolute Gasteiger partial charge is 0.306 e. The van der Waals surface area contributed by atoms with Crippen molar-refractivity contribution in [2.75, 3.05) is 0 Å². The summed E-state index contributed by atoms with van der Waals surface area (Å²) in [4.78, 5) is 48.0. The molecule has 0 bridgehead atoms. The Hall–Kier alpha value is -2.12. The number of hydrogen-bond donors (Lipinski definition) is 2. The molecule has 0 aromatic heterocycles. The number of esters is 2. The lowest BCUT2D eigenvalue weighted by atomic mass is 9.84. The second kappa shape index (κ2) is 31.2. The van der Waals surface area contributed by atoms with Crippen molar-refractivity contribution in [3.8, 4) is 0 Å². The lowest BCUT2D eigenvalue weighted by molar-refractivity contribution is -0.188. The van der Waals surface area contributed by atoms with Gasteiger partial charge in [0.05, 0.1) is 0 Å². The van der Waals surface area contributed by atoms with E-state index in [0.29, 0.717) is 38.5 Å². The van der Waals surface area contributed by atoms with Gasteiger partial charge >= 0.3 is 23.9 Å². The fraction of sp³-hybridized carbons (Fsp3) is 0.897. The van der Waals surface area contributed by atoms with Crippen molar-refractivity contribution in [1.29, 1.82) is 0 Å². The maximum absolute atomic E-state index is 13.3. The van der Waals surface area contributed by atoms with E-state index in [1.54, 1.807) is 0 Å². The van der Waals surface area contributed by atoms with Crippen LogP contribution in [0.1, 0.15) is 213 Å². The van der Waals surface area contributed by atoms with E-state index < -0.39 is 23.6 Å². The predicted octanol–water partition coefficient (Wildman–Crippen LogP) is 11.1. The van der Waals surface area contributed by atoms with Crippen LogP contribution in [0.3, 0.4) is 0 Å². The zero-order valence-corrected chi connectivity index (χ0v) is 30.6. The Kier molecular flexibility index (Phi) is 29.8. The van der Waals surface area contributed by atoms with Crippen molar-refractivity contribution in [2.24, 2.45) is 0 Å². The van der Waals surface area contributed by atoms with E-state index >= 15 is 0 Å². The molecule has 8 heteroatoms. The van der Waals surface area contributed by atoms with Crippen LogP contribution >= 0.6 is 0 Å². The summed E-state index contributed by atoms with van der Waals surface area (Å²) in [6, 6.07) is 0. The minimum Gasteiger partial charge on any atom is -0.481 e. The summed E-state index contributed by atoms with van der Waals surface area (Å²) in [5, 5.41) is 17.9. The third-order valence-corrected chi connectivity index (χ3v) is 9.32. The van der Waals surface area contributed by atoms with Crippen LogP contribution in [0, 0.1) is 0 Å². The molecule has 0 unspecified atom stereocenters. The molecule has 0 heterocycles. The van der Waals surface area contributed by atoms with Crippen LogP contribution in [0.2, 0.25) is 0 Å². The Labute approximate surface area is 287 Å². The van der Waals surface area contributed by atoms with Crippen LogP contribution in [0.5, 0.6) is 0 Å². The number of carbonyl (C=O) groups is 4. The summed E-state index contributed by atoms with van der Waals surface area (Å²) in [5.74, 6) is -2.00. The molecule has 0 fully saturated rings. The van der Waals surface area contributed by atoms with Crippen LogP contribution in [-0.2, 0) is 28.7 Å². The summed E-state index contributed by atoms with van der Waals surface area (Å²) < 4.78 is 12.4. The third-order valence-electron chi connectivity index (χ3n) is 9.32. The number of ether oxygens (including phenoxy) is 2. The van der Waals surface area contributed by atoms with Gasteiger partial charge in [-0.25, -0.2) is 0 Å². The van der Waals surface area contributed by atoms with E-state index in [1.165, 1.54) is 51.4 Å². The van der Waals surface area contributed by atoms with Gasteiger partial charge in [-0.05, 0) is 58.3 Å². The topological polar surface area (TPSA) is 127 Å². The SMILES string of the molecule is CCCCCCCCCC(=O)O[C@H](C)C(CCCCCCCC(=O)O)(CCCCCCCC(=O)O)OC(=O)CCCCCCCCC. The van der Waals surface area contributed by atoms with Gasteiger partial charge in [-0.2, -0.15) is 0 Å². The maximum atomic E-state index is 13.3. The molecule has 0 aromatic rings. The molecule has 0 radical (unpaired) electrons. The summed E-state index contributed by atoms with van der Waals surface area (Å²) in [7, 11) is 0. The normalized spacial score (nSPS) is 12.1. The van der Waals surface area contributed by atoms with Crippen LogP contribution in [0.25, 0.3) is 0 Å².